The first-order valence-corrected chi connectivity index (χ1v) is 4.23. The van der Waals surface area contributed by atoms with Gasteiger partial charge in [-0.15, -0.1) is 0 Å². The Bertz CT molecular complexity index is 229. The molecule has 0 unspecified atom stereocenters. The highest BCUT2D eigenvalue weighted by atomic mass is 16.4. The van der Waals surface area contributed by atoms with Crippen LogP contribution in [0.5, 0.6) is 0 Å². The zero-order valence-corrected chi connectivity index (χ0v) is 8.20. The zero-order chi connectivity index (χ0) is 10.4. The number of hydrogen-bond donors (Lipinski definition) is 1. The Balaban J connectivity index is 4.44. The Morgan fingerprint density at radius 2 is 1.77 bits per heavy atom. The number of rotatable bonds is 4. The molecule has 0 aromatic rings. The average molecular weight is 185 g/mol. The molecule has 0 aromatic carbocycles. The first-order valence-electron chi connectivity index (χ1n) is 4.23. The minimum absolute atomic E-state index is 0.0666. The van der Waals surface area contributed by atoms with Gasteiger partial charge in [-0.1, -0.05) is 0 Å². The lowest BCUT2D eigenvalue weighted by molar-refractivity contribution is -0.133. The largest absolute Gasteiger partial charge is 0.478 e. The van der Waals surface area contributed by atoms with Crippen molar-refractivity contribution in [2.24, 2.45) is 0 Å². The molecule has 0 atom stereocenters. The van der Waals surface area contributed by atoms with Crippen molar-refractivity contribution in [1.29, 1.82) is 0 Å². The van der Waals surface area contributed by atoms with E-state index in [0.29, 0.717) is 13.1 Å². The molecule has 0 radical (unpaired) electrons. The molecular formula is C9H15NO3. The molecule has 0 spiro atoms. The number of amides is 1. The third-order valence-electron chi connectivity index (χ3n) is 1.75. The van der Waals surface area contributed by atoms with Gasteiger partial charge in [-0.25, -0.2) is 4.79 Å². The summed E-state index contributed by atoms with van der Waals surface area (Å²) >= 11 is 0. The molecule has 0 aliphatic rings. The highest BCUT2D eigenvalue weighted by molar-refractivity contribution is 5.97. The second kappa shape index (κ2) is 5.35. The lowest BCUT2D eigenvalue weighted by Gasteiger charge is -2.16. The van der Waals surface area contributed by atoms with Crippen molar-refractivity contribution in [3.05, 3.63) is 11.6 Å². The summed E-state index contributed by atoms with van der Waals surface area (Å²) in [6, 6.07) is 0. The molecular weight excluding hydrogens is 170 g/mol. The predicted octanol–water partition coefficient (Wildman–Crippen LogP) is 0.886. The SMILES string of the molecule is CCN(CC)C(=O)/C=C(\C)C(=O)O. The number of hydrogen-bond acceptors (Lipinski definition) is 2. The van der Waals surface area contributed by atoms with Crippen LogP contribution in [0, 0.1) is 0 Å². The van der Waals surface area contributed by atoms with E-state index in [9.17, 15) is 9.59 Å². The van der Waals surface area contributed by atoms with E-state index in [0.717, 1.165) is 6.08 Å². The third kappa shape index (κ3) is 3.73. The van der Waals surface area contributed by atoms with Gasteiger partial charge in [-0.2, -0.15) is 0 Å². The fourth-order valence-electron chi connectivity index (χ4n) is 0.874. The third-order valence-corrected chi connectivity index (χ3v) is 1.75. The Morgan fingerprint density at radius 1 is 1.31 bits per heavy atom. The van der Waals surface area contributed by atoms with E-state index >= 15 is 0 Å². The summed E-state index contributed by atoms with van der Waals surface area (Å²) in [6.45, 7) is 6.30. The van der Waals surface area contributed by atoms with Gasteiger partial charge in [-0.05, 0) is 20.8 Å². The van der Waals surface area contributed by atoms with Crippen molar-refractivity contribution in [2.75, 3.05) is 13.1 Å². The molecule has 0 rings (SSSR count). The molecule has 0 saturated carbocycles. The number of aliphatic carboxylic acids is 1. The summed E-state index contributed by atoms with van der Waals surface area (Å²) in [4.78, 5) is 23.3. The second-order valence-corrected chi connectivity index (χ2v) is 2.64. The van der Waals surface area contributed by atoms with Gasteiger partial charge in [0.25, 0.3) is 0 Å². The van der Waals surface area contributed by atoms with E-state index in [4.69, 9.17) is 5.11 Å². The van der Waals surface area contributed by atoms with Crippen LogP contribution in [0.3, 0.4) is 0 Å². The van der Waals surface area contributed by atoms with E-state index in [1.54, 1.807) is 4.90 Å². The molecule has 13 heavy (non-hydrogen) atoms. The summed E-state index contributed by atoms with van der Waals surface area (Å²) in [7, 11) is 0. The van der Waals surface area contributed by atoms with Crippen molar-refractivity contribution < 1.29 is 14.7 Å². The van der Waals surface area contributed by atoms with E-state index in [1.165, 1.54) is 6.92 Å². The Morgan fingerprint density at radius 3 is 2.08 bits per heavy atom. The maximum absolute atomic E-state index is 11.3. The van der Waals surface area contributed by atoms with Crippen LogP contribution in [0.2, 0.25) is 0 Å². The number of carboxylic acid groups (broad SMARTS) is 1. The summed E-state index contributed by atoms with van der Waals surface area (Å²) in [5.74, 6) is -1.30. The van der Waals surface area contributed by atoms with Crippen molar-refractivity contribution >= 4 is 11.9 Å². The summed E-state index contributed by atoms with van der Waals surface area (Å²) in [5, 5.41) is 8.52. The molecule has 4 nitrogen and oxygen atoms in total. The molecule has 0 aliphatic carbocycles. The number of carboxylic acids is 1. The van der Waals surface area contributed by atoms with Gasteiger partial charge in [0.1, 0.15) is 0 Å². The molecule has 0 aliphatic heterocycles. The van der Waals surface area contributed by atoms with Gasteiger partial charge in [0.15, 0.2) is 0 Å². The van der Waals surface area contributed by atoms with Gasteiger partial charge in [0.2, 0.25) is 5.91 Å². The van der Waals surface area contributed by atoms with Crippen molar-refractivity contribution in [3.63, 3.8) is 0 Å². The number of nitrogens with zero attached hydrogens (tertiary/aromatic N) is 1. The van der Waals surface area contributed by atoms with E-state index in [2.05, 4.69) is 0 Å². The lowest BCUT2D eigenvalue weighted by atomic mass is 10.2. The first-order chi connectivity index (χ1) is 6.02. The van der Waals surface area contributed by atoms with Crippen LogP contribution < -0.4 is 0 Å². The van der Waals surface area contributed by atoms with Gasteiger partial charge < -0.3 is 10.0 Å². The van der Waals surface area contributed by atoms with E-state index < -0.39 is 5.97 Å². The molecule has 0 heterocycles. The number of likely N-dealkylation sites (N-methyl/N-ethyl adjacent to an activating group) is 1. The Labute approximate surface area is 77.8 Å². The van der Waals surface area contributed by atoms with Crippen molar-refractivity contribution in [3.8, 4) is 0 Å². The monoisotopic (exact) mass is 185 g/mol. The van der Waals surface area contributed by atoms with Crippen LogP contribution in [0.25, 0.3) is 0 Å². The summed E-state index contributed by atoms with van der Waals surface area (Å²) in [6.07, 6.45) is 1.15. The Kier molecular flexibility index (Phi) is 4.80. The van der Waals surface area contributed by atoms with Gasteiger partial charge in [0, 0.05) is 24.7 Å². The van der Waals surface area contributed by atoms with Crippen LogP contribution in [-0.4, -0.2) is 35.0 Å². The molecule has 0 saturated heterocycles. The van der Waals surface area contributed by atoms with Gasteiger partial charge in [-0.3, -0.25) is 4.79 Å². The molecule has 1 N–H and O–H groups in total. The number of carbonyl (C=O) groups excluding carboxylic acids is 1. The fourth-order valence-corrected chi connectivity index (χ4v) is 0.874. The quantitative estimate of drug-likeness (QED) is 0.661. The van der Waals surface area contributed by atoms with Crippen molar-refractivity contribution in [1.82, 2.24) is 4.90 Å². The predicted molar refractivity (Wildman–Crippen MR) is 49.3 cm³/mol. The summed E-state index contributed by atoms with van der Waals surface area (Å²) < 4.78 is 0. The molecule has 0 fully saturated rings. The molecule has 74 valence electrons. The standard InChI is InChI=1S/C9H15NO3/c1-4-10(5-2)8(11)6-7(3)9(12)13/h6H,4-5H2,1-3H3,(H,12,13)/b7-6+. The highest BCUT2D eigenvalue weighted by Crippen LogP contribution is 1.96. The zero-order valence-electron chi connectivity index (χ0n) is 8.20. The topological polar surface area (TPSA) is 57.6 Å². The minimum atomic E-state index is -1.06. The average Bonchev–Trinajstić information content (AvgIpc) is 2.06. The molecule has 0 aromatic heterocycles. The van der Waals surface area contributed by atoms with E-state index in [-0.39, 0.29) is 11.5 Å². The lowest BCUT2D eigenvalue weighted by Crippen LogP contribution is -2.29. The minimum Gasteiger partial charge on any atom is -0.478 e. The first kappa shape index (κ1) is 11.7. The Hall–Kier alpha value is -1.32. The second-order valence-electron chi connectivity index (χ2n) is 2.64. The van der Waals surface area contributed by atoms with Crippen LogP contribution >= 0.6 is 0 Å². The highest BCUT2D eigenvalue weighted by Gasteiger charge is 2.08. The number of carbonyl (C=O) groups is 2. The van der Waals surface area contributed by atoms with E-state index in [1.807, 2.05) is 13.8 Å². The molecule has 0 bridgehead atoms. The summed E-state index contributed by atoms with van der Waals surface area (Å²) in [5.41, 5.74) is 0.0666. The van der Waals surface area contributed by atoms with Crippen LogP contribution in [0.15, 0.2) is 11.6 Å². The fraction of sp³-hybridized carbons (Fsp3) is 0.556. The maximum atomic E-state index is 11.3. The van der Waals surface area contributed by atoms with Crippen LogP contribution in [0.1, 0.15) is 20.8 Å². The smallest absolute Gasteiger partial charge is 0.331 e. The van der Waals surface area contributed by atoms with Crippen LogP contribution in [0.4, 0.5) is 0 Å². The van der Waals surface area contributed by atoms with Crippen molar-refractivity contribution in [2.45, 2.75) is 20.8 Å². The van der Waals surface area contributed by atoms with Gasteiger partial charge in [0.05, 0.1) is 0 Å². The molecule has 1 amide bonds. The maximum Gasteiger partial charge on any atom is 0.331 e. The van der Waals surface area contributed by atoms with Gasteiger partial charge >= 0.3 is 5.97 Å². The normalized spacial score (nSPS) is 11.2. The molecule has 4 heteroatoms. The van der Waals surface area contributed by atoms with Crippen LogP contribution in [-0.2, 0) is 9.59 Å².